The van der Waals surface area contributed by atoms with Gasteiger partial charge in [0.25, 0.3) is 0 Å². The minimum atomic E-state index is -0.619. The molecule has 1 unspecified atom stereocenters. The maximum Gasteiger partial charge on any atom is 0.434 e. The van der Waals surface area contributed by atoms with Crippen molar-refractivity contribution < 1.29 is 15.3 Å². The van der Waals surface area contributed by atoms with Crippen molar-refractivity contribution in [3.05, 3.63) is 22.5 Å². The van der Waals surface area contributed by atoms with Gasteiger partial charge in [0, 0.05) is 0 Å². The van der Waals surface area contributed by atoms with Crippen LogP contribution in [0.4, 0.5) is 5.95 Å². The second-order valence-electron chi connectivity index (χ2n) is 3.29. The molecule has 1 aromatic heterocycles. The summed E-state index contributed by atoms with van der Waals surface area (Å²) in [5.41, 5.74) is 0. The van der Waals surface area contributed by atoms with Crippen molar-refractivity contribution in [3.63, 3.8) is 0 Å². The largest absolute Gasteiger partial charge is 0.434 e. The van der Waals surface area contributed by atoms with Crippen LogP contribution < -0.4 is 5.32 Å². The fourth-order valence-corrected chi connectivity index (χ4v) is 1.63. The zero-order chi connectivity index (χ0) is 12.0. The molecular weight excluding hydrogens is 280 g/mol. The lowest BCUT2D eigenvalue weighted by atomic mass is 10.3. The number of hydrogen-bond donors (Lipinski definition) is 2. The number of nitrogens with two attached hydrogens (primary N) is 1. The van der Waals surface area contributed by atoms with E-state index in [1.165, 1.54) is 17.0 Å². The zero-order valence-electron chi connectivity index (χ0n) is 8.62. The molecule has 0 radical (unpaired) electrons. The van der Waals surface area contributed by atoms with Crippen molar-refractivity contribution in [1.82, 2.24) is 9.55 Å². The molecule has 8 heteroatoms. The molecule has 90 valence electrons. The highest BCUT2D eigenvalue weighted by Crippen LogP contribution is 2.07. The summed E-state index contributed by atoms with van der Waals surface area (Å²) in [5.74, 6) is -0.237. The molecule has 0 aliphatic carbocycles. The Labute approximate surface area is 101 Å². The van der Waals surface area contributed by atoms with Crippen molar-refractivity contribution >= 4 is 21.9 Å². The van der Waals surface area contributed by atoms with Gasteiger partial charge in [-0.15, -0.1) is 0 Å². The number of hydrogen-bond acceptors (Lipinski definition) is 4. The molecule has 0 amide bonds. The molecular formula is C8H14BrN4O3+. The van der Waals surface area contributed by atoms with E-state index in [9.17, 15) is 15.2 Å². The third-order valence-electron chi connectivity index (χ3n) is 2.02. The van der Waals surface area contributed by atoms with Crippen LogP contribution in [0.3, 0.4) is 0 Å². The summed E-state index contributed by atoms with van der Waals surface area (Å²) in [6.07, 6.45) is 2.23. The Bertz CT molecular complexity index is 344. The van der Waals surface area contributed by atoms with Gasteiger partial charge in [-0.1, -0.05) is 20.9 Å². The second kappa shape index (κ2) is 6.56. The van der Waals surface area contributed by atoms with Crippen LogP contribution >= 0.6 is 15.9 Å². The van der Waals surface area contributed by atoms with Gasteiger partial charge in [-0.2, -0.15) is 0 Å². The average Bonchev–Trinajstić information content (AvgIpc) is 2.66. The smallest absolute Gasteiger partial charge is 0.390 e. The average molecular weight is 294 g/mol. The lowest BCUT2D eigenvalue weighted by Crippen LogP contribution is -2.87. The molecule has 7 nitrogen and oxygen atoms in total. The van der Waals surface area contributed by atoms with E-state index in [0.29, 0.717) is 6.54 Å². The Morgan fingerprint density at radius 2 is 2.50 bits per heavy atom. The molecule has 0 aliphatic rings. The summed E-state index contributed by atoms with van der Waals surface area (Å²) in [5, 5.41) is 23.0. The molecule has 1 atom stereocenters. The van der Waals surface area contributed by atoms with E-state index in [-0.39, 0.29) is 12.5 Å². The quantitative estimate of drug-likeness (QED) is 0.295. The van der Waals surface area contributed by atoms with Crippen molar-refractivity contribution in [2.24, 2.45) is 0 Å². The molecule has 1 aromatic rings. The monoisotopic (exact) mass is 293 g/mol. The van der Waals surface area contributed by atoms with Gasteiger partial charge < -0.3 is 20.5 Å². The first kappa shape index (κ1) is 13.1. The van der Waals surface area contributed by atoms with E-state index in [0.717, 1.165) is 11.9 Å². The number of halogens is 1. The lowest BCUT2D eigenvalue weighted by molar-refractivity contribution is -0.657. The summed E-state index contributed by atoms with van der Waals surface area (Å²) in [6, 6.07) is 0. The number of imidazole rings is 1. The van der Waals surface area contributed by atoms with Crippen LogP contribution in [0, 0.1) is 10.1 Å². The Morgan fingerprint density at radius 1 is 1.75 bits per heavy atom. The molecule has 1 heterocycles. The fraction of sp³-hybridized carbons (Fsp3) is 0.625. The van der Waals surface area contributed by atoms with Crippen LogP contribution in [-0.4, -0.2) is 44.1 Å². The van der Waals surface area contributed by atoms with Gasteiger partial charge >= 0.3 is 5.95 Å². The summed E-state index contributed by atoms with van der Waals surface area (Å²) < 4.78 is 1.34. The number of rotatable bonds is 7. The molecule has 3 N–H and O–H groups in total. The molecule has 0 aliphatic heterocycles. The van der Waals surface area contributed by atoms with E-state index in [1.807, 2.05) is 5.32 Å². The van der Waals surface area contributed by atoms with Crippen molar-refractivity contribution in [3.8, 4) is 0 Å². The first-order chi connectivity index (χ1) is 7.65. The molecule has 0 aromatic carbocycles. The molecule has 1 rings (SSSR count). The molecule has 0 fully saturated rings. The predicted octanol–water partition coefficient (Wildman–Crippen LogP) is -0.889. The number of aromatic nitrogens is 2. The second-order valence-corrected chi connectivity index (χ2v) is 4.09. The Balaban J connectivity index is 2.46. The van der Waals surface area contributed by atoms with E-state index in [1.54, 1.807) is 0 Å². The van der Waals surface area contributed by atoms with Gasteiger partial charge in [-0.05, 0) is 4.92 Å². The van der Waals surface area contributed by atoms with E-state index in [4.69, 9.17) is 0 Å². The summed E-state index contributed by atoms with van der Waals surface area (Å²) in [4.78, 5) is 13.6. The zero-order valence-corrected chi connectivity index (χ0v) is 10.2. The van der Waals surface area contributed by atoms with Crippen LogP contribution in [0.25, 0.3) is 0 Å². The minimum Gasteiger partial charge on any atom is -0.390 e. The van der Waals surface area contributed by atoms with Crippen molar-refractivity contribution in [2.75, 3.05) is 18.4 Å². The van der Waals surface area contributed by atoms with Gasteiger partial charge in [-0.25, -0.2) is 4.57 Å². The fourth-order valence-electron chi connectivity index (χ4n) is 1.30. The Kier molecular flexibility index (Phi) is 5.36. The highest BCUT2D eigenvalue weighted by molar-refractivity contribution is 9.09. The van der Waals surface area contributed by atoms with E-state index in [2.05, 4.69) is 20.9 Å². The minimum absolute atomic E-state index is 0.190. The first-order valence-electron chi connectivity index (χ1n) is 4.86. The summed E-state index contributed by atoms with van der Waals surface area (Å²) in [6.45, 7) is 1.57. The maximum absolute atomic E-state index is 10.6. The Morgan fingerprint density at radius 3 is 3.12 bits per heavy atom. The predicted molar refractivity (Wildman–Crippen MR) is 60.3 cm³/mol. The van der Waals surface area contributed by atoms with Gasteiger partial charge in [-0.3, -0.25) is 0 Å². The highest BCUT2D eigenvalue weighted by atomic mass is 79.9. The number of nitrogens with zero attached hydrogens (tertiary/aromatic N) is 3. The third kappa shape index (κ3) is 3.87. The Hall–Kier alpha value is -0.990. The van der Waals surface area contributed by atoms with Gasteiger partial charge in [0.1, 0.15) is 31.6 Å². The SMILES string of the molecule is O=[N+]([O-])c1nccn1CC(O)C[NH2+]CCBr. The standard InChI is InChI=1S/C8H13BrN4O3/c9-1-2-10-5-7(14)6-12-4-3-11-8(12)13(15)16/h3-4,7,10,14H,1-2,5-6H2/p+1. The van der Waals surface area contributed by atoms with E-state index < -0.39 is 11.0 Å². The van der Waals surface area contributed by atoms with Gasteiger partial charge in [0.05, 0.1) is 11.9 Å². The molecule has 0 saturated carbocycles. The number of aliphatic hydroxyl groups excluding tert-OH is 1. The normalized spacial score (nSPS) is 12.6. The van der Waals surface area contributed by atoms with Crippen molar-refractivity contribution in [2.45, 2.75) is 12.6 Å². The molecule has 0 spiro atoms. The molecule has 0 saturated heterocycles. The maximum atomic E-state index is 10.6. The van der Waals surface area contributed by atoms with Crippen LogP contribution in [0.1, 0.15) is 0 Å². The summed E-state index contributed by atoms with van der Waals surface area (Å²) >= 11 is 3.27. The third-order valence-corrected chi connectivity index (χ3v) is 2.47. The number of aliphatic hydroxyl groups is 1. The van der Waals surface area contributed by atoms with Gasteiger partial charge in [0.2, 0.25) is 0 Å². The number of nitro groups is 1. The summed E-state index contributed by atoms with van der Waals surface area (Å²) in [7, 11) is 0. The van der Waals surface area contributed by atoms with Crippen LogP contribution in [0.2, 0.25) is 0 Å². The van der Waals surface area contributed by atoms with E-state index >= 15 is 0 Å². The van der Waals surface area contributed by atoms with Crippen LogP contribution in [0.5, 0.6) is 0 Å². The molecule has 0 bridgehead atoms. The van der Waals surface area contributed by atoms with Gasteiger partial charge in [0.15, 0.2) is 0 Å². The lowest BCUT2D eigenvalue weighted by Gasteiger charge is -2.08. The van der Waals surface area contributed by atoms with Crippen LogP contribution in [0.15, 0.2) is 12.4 Å². The number of alkyl halides is 1. The first-order valence-corrected chi connectivity index (χ1v) is 5.98. The topological polar surface area (TPSA) is 97.8 Å². The highest BCUT2D eigenvalue weighted by Gasteiger charge is 2.17. The van der Waals surface area contributed by atoms with Crippen molar-refractivity contribution in [1.29, 1.82) is 0 Å². The number of quaternary nitrogens is 1. The molecule has 16 heavy (non-hydrogen) atoms. The van der Waals surface area contributed by atoms with Crippen LogP contribution in [-0.2, 0) is 6.54 Å².